The van der Waals surface area contributed by atoms with Crippen LogP contribution in [-0.2, 0) is 19.1 Å². The molecule has 1 fully saturated rings. The fraction of sp³-hybridized carbons (Fsp3) is 0.692. The third-order valence-corrected chi connectivity index (χ3v) is 18.6. The van der Waals surface area contributed by atoms with Gasteiger partial charge in [0.15, 0.2) is 0 Å². The molecule has 0 radical (unpaired) electrons. The van der Waals surface area contributed by atoms with Gasteiger partial charge in [0.2, 0.25) is 0 Å². The number of carbonyl (C=O) groups is 2. The van der Waals surface area contributed by atoms with Crippen LogP contribution in [0.4, 0.5) is 0 Å². The molecule has 0 amide bonds. The monoisotopic (exact) mass is 526 g/mol. The van der Waals surface area contributed by atoms with Gasteiger partial charge in [-0.05, 0) is 0 Å². The van der Waals surface area contributed by atoms with Gasteiger partial charge in [0, 0.05) is 0 Å². The van der Waals surface area contributed by atoms with Crippen molar-refractivity contribution < 1.29 is 19.1 Å². The van der Waals surface area contributed by atoms with Crippen molar-refractivity contribution in [2.24, 2.45) is 11.3 Å². The van der Waals surface area contributed by atoms with Crippen LogP contribution in [0.5, 0.6) is 0 Å². The summed E-state index contributed by atoms with van der Waals surface area (Å²) in [5.41, 5.74) is -2.46. The van der Waals surface area contributed by atoms with E-state index in [0.717, 1.165) is 18.1 Å². The molecule has 2 rings (SSSR count). The van der Waals surface area contributed by atoms with Crippen molar-refractivity contribution in [2.45, 2.75) is 103 Å². The van der Waals surface area contributed by atoms with Crippen molar-refractivity contribution in [3.05, 3.63) is 30.3 Å². The Morgan fingerprint density at radius 3 is 1.75 bits per heavy atom. The maximum absolute atomic E-state index is 13.5. The molecule has 0 bridgehead atoms. The molecule has 1 aromatic carbocycles. The number of ether oxygens (including phenoxy) is 2. The van der Waals surface area contributed by atoms with Gasteiger partial charge in [-0.25, -0.2) is 0 Å². The number of hydrogen-bond donors (Lipinski definition) is 0. The summed E-state index contributed by atoms with van der Waals surface area (Å²) in [6.45, 7) is 18.1. The number of hydrogen-bond acceptors (Lipinski definition) is 4. The second kappa shape index (κ2) is 10.0. The Morgan fingerprint density at radius 2 is 1.38 bits per heavy atom. The van der Waals surface area contributed by atoms with Gasteiger partial charge in [0.05, 0.1) is 0 Å². The third-order valence-electron chi connectivity index (χ3n) is 6.63. The van der Waals surface area contributed by atoms with E-state index in [9.17, 15) is 9.59 Å². The van der Waals surface area contributed by atoms with Gasteiger partial charge in [-0.2, -0.15) is 0 Å². The van der Waals surface area contributed by atoms with E-state index in [4.69, 9.17) is 9.47 Å². The SMILES string of the molecule is CC[Si](CC)(CC)[C@H]([Se]c1ccccc1)[C@@H]1CC1(C(=O)OC(C)(C)C)C(=O)OC(C)(C)C. The Labute approximate surface area is 202 Å². The van der Waals surface area contributed by atoms with Crippen LogP contribution in [0.2, 0.25) is 22.6 Å². The zero-order valence-electron chi connectivity index (χ0n) is 21.4. The Hall–Kier alpha value is -1.10. The Kier molecular flexibility index (Phi) is 8.51. The van der Waals surface area contributed by atoms with Gasteiger partial charge in [0.1, 0.15) is 0 Å². The molecule has 0 unspecified atom stereocenters. The van der Waals surface area contributed by atoms with E-state index in [2.05, 4.69) is 45.0 Å². The van der Waals surface area contributed by atoms with E-state index in [1.807, 2.05) is 47.6 Å². The van der Waals surface area contributed by atoms with Crippen molar-refractivity contribution in [2.75, 3.05) is 0 Å². The zero-order valence-corrected chi connectivity index (χ0v) is 24.1. The molecule has 2 atom stereocenters. The quantitative estimate of drug-likeness (QED) is 0.241. The number of rotatable bonds is 9. The summed E-state index contributed by atoms with van der Waals surface area (Å²) in [4.78, 5) is 27.1. The van der Waals surface area contributed by atoms with Crippen LogP contribution in [0, 0.1) is 11.3 Å². The van der Waals surface area contributed by atoms with Gasteiger partial charge >= 0.3 is 203 Å². The van der Waals surface area contributed by atoms with Crippen molar-refractivity contribution in [1.82, 2.24) is 0 Å². The first kappa shape index (κ1) is 27.1. The fourth-order valence-corrected chi connectivity index (χ4v) is 16.5. The molecular formula is C26H42O4SeSi. The van der Waals surface area contributed by atoms with Crippen LogP contribution < -0.4 is 4.46 Å². The minimum absolute atomic E-state index is 0.000997. The van der Waals surface area contributed by atoms with Gasteiger partial charge in [-0.15, -0.1) is 0 Å². The predicted molar refractivity (Wildman–Crippen MR) is 135 cm³/mol. The van der Waals surface area contributed by atoms with Crippen LogP contribution in [0.3, 0.4) is 0 Å². The zero-order chi connectivity index (χ0) is 24.4. The molecule has 1 aliphatic rings. The van der Waals surface area contributed by atoms with Gasteiger partial charge < -0.3 is 0 Å². The molecule has 0 aromatic heterocycles. The topological polar surface area (TPSA) is 52.6 Å². The summed E-state index contributed by atoms with van der Waals surface area (Å²) in [6.07, 6.45) is 0.546. The van der Waals surface area contributed by atoms with E-state index >= 15 is 0 Å². The minimum atomic E-state index is -1.72. The summed E-state index contributed by atoms with van der Waals surface area (Å²) in [5.74, 6) is -0.799. The summed E-state index contributed by atoms with van der Waals surface area (Å²) in [5, 5.41) is 0. The van der Waals surface area contributed by atoms with Crippen LogP contribution >= 0.6 is 0 Å². The van der Waals surface area contributed by atoms with Gasteiger partial charge in [-0.3, -0.25) is 0 Å². The molecule has 1 aliphatic carbocycles. The first-order valence-electron chi connectivity index (χ1n) is 11.9. The van der Waals surface area contributed by atoms with Crippen LogP contribution in [0.1, 0.15) is 68.7 Å². The van der Waals surface area contributed by atoms with E-state index in [0.29, 0.717) is 10.9 Å². The summed E-state index contributed by atoms with van der Waals surface area (Å²) in [6, 6.07) is 14.1. The molecule has 0 spiro atoms. The summed E-state index contributed by atoms with van der Waals surface area (Å²) in [7, 11) is -1.72. The molecule has 1 aromatic rings. The molecule has 180 valence electrons. The van der Waals surface area contributed by atoms with Crippen molar-refractivity contribution in [1.29, 1.82) is 0 Å². The molecular weight excluding hydrogens is 483 g/mol. The Balaban J connectivity index is 2.52. The van der Waals surface area contributed by atoms with Crippen LogP contribution in [0.25, 0.3) is 0 Å². The fourth-order valence-electron chi connectivity index (χ4n) is 4.58. The third kappa shape index (κ3) is 6.06. The average Bonchev–Trinajstić information content (AvgIpc) is 3.44. The number of esters is 2. The maximum atomic E-state index is 13.5. The summed E-state index contributed by atoms with van der Waals surface area (Å²) < 4.78 is 13.4. The summed E-state index contributed by atoms with van der Waals surface area (Å²) >= 11 is 0.186. The van der Waals surface area contributed by atoms with E-state index < -0.39 is 36.6 Å². The standard InChI is InChI=1S/C26H42O4SeSi/c1-10-32(11-2,12-3)21(31-19-16-14-13-15-17-19)20-18-26(20,22(27)29-24(4,5)6)23(28)30-25(7,8)9/h13-17,20-21H,10-12,18H2,1-9H3/t20-,21-/m0/s1. The second-order valence-corrected chi connectivity index (χ2v) is 20.0. The van der Waals surface area contributed by atoms with Crippen molar-refractivity contribution >= 4 is 39.4 Å². The molecule has 4 nitrogen and oxygen atoms in total. The average molecular weight is 526 g/mol. The van der Waals surface area contributed by atoms with Crippen molar-refractivity contribution in [3.63, 3.8) is 0 Å². The second-order valence-electron chi connectivity index (χ2n) is 11.1. The normalized spacial score (nSPS) is 19.2. The van der Waals surface area contributed by atoms with Crippen molar-refractivity contribution in [3.8, 4) is 0 Å². The van der Waals surface area contributed by atoms with Gasteiger partial charge in [0.25, 0.3) is 0 Å². The Morgan fingerprint density at radius 1 is 0.938 bits per heavy atom. The predicted octanol–water partition coefficient (Wildman–Crippen LogP) is 5.54. The van der Waals surface area contributed by atoms with Crippen LogP contribution in [-0.4, -0.2) is 46.2 Å². The molecule has 6 heteroatoms. The molecule has 1 saturated carbocycles. The molecule has 0 saturated heterocycles. The van der Waals surface area contributed by atoms with Crippen LogP contribution in [0.15, 0.2) is 30.3 Å². The molecule has 0 heterocycles. The van der Waals surface area contributed by atoms with E-state index in [-0.39, 0.29) is 20.9 Å². The Bertz CT molecular complexity index is 754. The van der Waals surface area contributed by atoms with E-state index in [1.165, 1.54) is 4.46 Å². The molecule has 0 aliphatic heterocycles. The number of benzene rings is 1. The van der Waals surface area contributed by atoms with E-state index in [1.54, 1.807) is 0 Å². The van der Waals surface area contributed by atoms with Gasteiger partial charge in [-0.1, -0.05) is 0 Å². The first-order valence-corrected chi connectivity index (χ1v) is 16.5. The molecule has 32 heavy (non-hydrogen) atoms. The molecule has 0 N–H and O–H groups in total. The number of carbonyl (C=O) groups excluding carboxylic acids is 2. The first-order chi connectivity index (χ1) is 14.7.